The van der Waals surface area contributed by atoms with Crippen molar-refractivity contribution in [1.82, 2.24) is 10.2 Å². The van der Waals surface area contributed by atoms with Crippen molar-refractivity contribution in [3.63, 3.8) is 0 Å². The van der Waals surface area contributed by atoms with Crippen LogP contribution in [0, 0.1) is 5.92 Å². The van der Waals surface area contributed by atoms with Gasteiger partial charge >= 0.3 is 6.09 Å². The van der Waals surface area contributed by atoms with Crippen LogP contribution in [0.3, 0.4) is 0 Å². The minimum absolute atomic E-state index is 0.119. The first-order valence-corrected chi connectivity index (χ1v) is 6.32. The zero-order chi connectivity index (χ0) is 12.7. The molecule has 1 fully saturated rings. The van der Waals surface area contributed by atoms with Crippen LogP contribution in [-0.4, -0.2) is 43.1 Å². The number of rotatable bonds is 4. The van der Waals surface area contributed by atoms with Crippen LogP contribution in [0.5, 0.6) is 0 Å². The van der Waals surface area contributed by atoms with Crippen LogP contribution in [0.4, 0.5) is 4.79 Å². The van der Waals surface area contributed by atoms with Gasteiger partial charge in [-0.2, -0.15) is 0 Å². The van der Waals surface area contributed by atoms with Crippen LogP contribution in [0.25, 0.3) is 0 Å². The quantitative estimate of drug-likeness (QED) is 0.810. The van der Waals surface area contributed by atoms with E-state index in [2.05, 4.69) is 12.2 Å². The Balaban J connectivity index is 2.14. The second kappa shape index (κ2) is 7.14. The van der Waals surface area contributed by atoms with Gasteiger partial charge in [-0.05, 0) is 25.7 Å². The molecule has 1 N–H and O–H groups in total. The molecule has 0 aromatic heterocycles. The molecular formula is C12H22N2O3. The van der Waals surface area contributed by atoms with E-state index in [0.29, 0.717) is 19.6 Å². The molecule has 0 radical (unpaired) electrons. The fraction of sp³-hybridized carbons (Fsp3) is 0.833. The Morgan fingerprint density at radius 3 is 2.59 bits per heavy atom. The van der Waals surface area contributed by atoms with Gasteiger partial charge < -0.3 is 15.0 Å². The van der Waals surface area contributed by atoms with E-state index in [-0.39, 0.29) is 5.91 Å². The number of ether oxygens (including phenoxy) is 1. The summed E-state index contributed by atoms with van der Waals surface area (Å²) in [5.74, 6) is 0.838. The maximum Gasteiger partial charge on any atom is 0.407 e. The zero-order valence-corrected chi connectivity index (χ0v) is 10.7. The molecule has 2 amide bonds. The third kappa shape index (κ3) is 5.06. The first-order chi connectivity index (χ1) is 8.13. The second-order valence-corrected chi connectivity index (χ2v) is 4.46. The lowest BCUT2D eigenvalue weighted by Gasteiger charge is -2.30. The van der Waals surface area contributed by atoms with Crippen LogP contribution < -0.4 is 5.32 Å². The molecular weight excluding hydrogens is 220 g/mol. The molecule has 1 saturated heterocycles. The lowest BCUT2D eigenvalue weighted by Crippen LogP contribution is -2.39. The summed E-state index contributed by atoms with van der Waals surface area (Å²) >= 11 is 0. The van der Waals surface area contributed by atoms with Crippen molar-refractivity contribution in [3.8, 4) is 0 Å². The molecule has 1 aliphatic heterocycles. The van der Waals surface area contributed by atoms with E-state index in [1.807, 2.05) is 4.90 Å². The van der Waals surface area contributed by atoms with E-state index in [1.165, 1.54) is 0 Å². The summed E-state index contributed by atoms with van der Waals surface area (Å²) in [5.41, 5.74) is 0. The smallest absolute Gasteiger partial charge is 0.407 e. The minimum Gasteiger partial charge on any atom is -0.450 e. The molecule has 0 atom stereocenters. The summed E-state index contributed by atoms with van der Waals surface area (Å²) < 4.78 is 4.71. The number of piperidine rings is 1. The Morgan fingerprint density at radius 2 is 2.00 bits per heavy atom. The van der Waals surface area contributed by atoms with Gasteiger partial charge in [0.15, 0.2) is 0 Å². The number of alkyl carbamates (subject to hydrolysis) is 1. The number of hydrogen-bond donors (Lipinski definition) is 1. The summed E-state index contributed by atoms with van der Waals surface area (Å²) in [6.45, 7) is 6.36. The van der Waals surface area contributed by atoms with Crippen LogP contribution in [-0.2, 0) is 9.53 Å². The van der Waals surface area contributed by atoms with Gasteiger partial charge in [-0.15, -0.1) is 0 Å². The number of amides is 2. The van der Waals surface area contributed by atoms with Crippen LogP contribution >= 0.6 is 0 Å². The monoisotopic (exact) mass is 242 g/mol. The van der Waals surface area contributed by atoms with Crippen LogP contribution in [0.15, 0.2) is 0 Å². The highest BCUT2D eigenvalue weighted by molar-refractivity contribution is 5.77. The van der Waals surface area contributed by atoms with E-state index < -0.39 is 6.09 Å². The molecule has 0 saturated carbocycles. The predicted octanol–water partition coefficient (Wildman–Crippen LogP) is 1.38. The predicted molar refractivity (Wildman–Crippen MR) is 64.6 cm³/mol. The Morgan fingerprint density at radius 1 is 1.35 bits per heavy atom. The number of carbonyl (C=O) groups excluding carboxylic acids is 2. The topological polar surface area (TPSA) is 58.6 Å². The molecule has 0 aromatic carbocycles. The molecule has 0 spiro atoms. The van der Waals surface area contributed by atoms with Gasteiger partial charge in [-0.1, -0.05) is 6.92 Å². The van der Waals surface area contributed by atoms with Gasteiger partial charge in [0.2, 0.25) is 5.91 Å². The SMILES string of the molecule is CCOC(=O)NCCC(=O)N1CCC(C)CC1. The first kappa shape index (κ1) is 13.8. The fourth-order valence-corrected chi connectivity index (χ4v) is 1.87. The molecule has 1 aliphatic rings. The molecule has 5 nitrogen and oxygen atoms in total. The average Bonchev–Trinajstić information content (AvgIpc) is 2.30. The van der Waals surface area contributed by atoms with Crippen molar-refractivity contribution in [2.75, 3.05) is 26.2 Å². The van der Waals surface area contributed by atoms with Crippen molar-refractivity contribution < 1.29 is 14.3 Å². The Bertz CT molecular complexity index is 260. The Hall–Kier alpha value is -1.26. The van der Waals surface area contributed by atoms with Gasteiger partial charge in [0.1, 0.15) is 0 Å². The molecule has 5 heteroatoms. The number of nitrogens with one attached hydrogen (secondary N) is 1. The third-order valence-electron chi connectivity index (χ3n) is 3.02. The van der Waals surface area contributed by atoms with Crippen molar-refractivity contribution in [3.05, 3.63) is 0 Å². The summed E-state index contributed by atoms with van der Waals surface area (Å²) in [6, 6.07) is 0. The lowest BCUT2D eigenvalue weighted by molar-refractivity contribution is -0.132. The first-order valence-electron chi connectivity index (χ1n) is 6.32. The highest BCUT2D eigenvalue weighted by Gasteiger charge is 2.19. The maximum atomic E-state index is 11.8. The molecule has 1 heterocycles. The maximum absolute atomic E-state index is 11.8. The number of hydrogen-bond acceptors (Lipinski definition) is 3. The third-order valence-corrected chi connectivity index (χ3v) is 3.02. The van der Waals surface area contributed by atoms with Crippen molar-refractivity contribution in [2.45, 2.75) is 33.1 Å². The van der Waals surface area contributed by atoms with Crippen LogP contribution in [0.1, 0.15) is 33.1 Å². The highest BCUT2D eigenvalue weighted by Crippen LogP contribution is 2.16. The van der Waals surface area contributed by atoms with Crippen LogP contribution in [0.2, 0.25) is 0 Å². The fourth-order valence-electron chi connectivity index (χ4n) is 1.87. The van der Waals surface area contributed by atoms with Gasteiger partial charge in [0.05, 0.1) is 6.61 Å². The normalized spacial score (nSPS) is 16.7. The lowest BCUT2D eigenvalue weighted by atomic mass is 9.99. The molecule has 0 bridgehead atoms. The Kier molecular flexibility index (Phi) is 5.80. The van der Waals surface area contributed by atoms with Gasteiger partial charge in [0.25, 0.3) is 0 Å². The van der Waals surface area contributed by atoms with Gasteiger partial charge in [-0.3, -0.25) is 4.79 Å². The van der Waals surface area contributed by atoms with Gasteiger partial charge in [-0.25, -0.2) is 4.79 Å². The molecule has 98 valence electrons. The zero-order valence-electron chi connectivity index (χ0n) is 10.7. The standard InChI is InChI=1S/C12H22N2O3/c1-3-17-12(16)13-7-4-11(15)14-8-5-10(2)6-9-14/h10H,3-9H2,1-2H3,(H,13,16). The van der Waals surface area contributed by atoms with E-state index in [0.717, 1.165) is 31.8 Å². The van der Waals surface area contributed by atoms with E-state index in [9.17, 15) is 9.59 Å². The molecule has 0 aromatic rings. The number of carbonyl (C=O) groups is 2. The molecule has 1 rings (SSSR count). The summed E-state index contributed by atoms with van der Waals surface area (Å²) in [7, 11) is 0. The number of likely N-dealkylation sites (tertiary alicyclic amines) is 1. The van der Waals surface area contributed by atoms with Crippen molar-refractivity contribution in [2.24, 2.45) is 5.92 Å². The van der Waals surface area contributed by atoms with E-state index in [4.69, 9.17) is 4.74 Å². The second-order valence-electron chi connectivity index (χ2n) is 4.46. The summed E-state index contributed by atoms with van der Waals surface area (Å²) in [6.07, 6.45) is 2.06. The van der Waals surface area contributed by atoms with Crippen molar-refractivity contribution in [1.29, 1.82) is 0 Å². The van der Waals surface area contributed by atoms with E-state index >= 15 is 0 Å². The van der Waals surface area contributed by atoms with Gasteiger partial charge in [0, 0.05) is 26.1 Å². The summed E-state index contributed by atoms with van der Waals surface area (Å²) in [4.78, 5) is 24.6. The van der Waals surface area contributed by atoms with E-state index in [1.54, 1.807) is 6.92 Å². The molecule has 0 aliphatic carbocycles. The minimum atomic E-state index is -0.451. The largest absolute Gasteiger partial charge is 0.450 e. The average molecular weight is 242 g/mol. The highest BCUT2D eigenvalue weighted by atomic mass is 16.5. The summed E-state index contributed by atoms with van der Waals surface area (Å²) in [5, 5.41) is 2.55. The Labute approximate surface area is 102 Å². The molecule has 0 unspecified atom stereocenters. The molecule has 17 heavy (non-hydrogen) atoms. The van der Waals surface area contributed by atoms with Crippen molar-refractivity contribution >= 4 is 12.0 Å². The number of nitrogens with zero attached hydrogens (tertiary/aromatic N) is 1.